The Balaban J connectivity index is 2.15. The number of aromatic nitrogens is 1. The lowest BCUT2D eigenvalue weighted by atomic mass is 10.1. The van der Waals surface area contributed by atoms with Crippen LogP contribution in [0.4, 0.5) is 5.82 Å². The summed E-state index contributed by atoms with van der Waals surface area (Å²) >= 11 is 5.93. The van der Waals surface area contributed by atoms with Gasteiger partial charge in [0.2, 0.25) is 0 Å². The van der Waals surface area contributed by atoms with Gasteiger partial charge in [0.1, 0.15) is 11.6 Å². The van der Waals surface area contributed by atoms with Crippen molar-refractivity contribution >= 4 is 28.2 Å². The third-order valence-electron chi connectivity index (χ3n) is 3.06. The Morgan fingerprint density at radius 2 is 2.16 bits per heavy atom. The molecule has 0 aliphatic heterocycles. The number of nitrogens with one attached hydrogen (secondary N) is 1. The zero-order valence-corrected chi connectivity index (χ0v) is 12.1. The molecular formula is C15H19ClN2O. The minimum Gasteiger partial charge on any atom is -0.496 e. The summed E-state index contributed by atoms with van der Waals surface area (Å²) in [6.07, 6.45) is 3.84. The summed E-state index contributed by atoms with van der Waals surface area (Å²) in [5.41, 5.74) is 0. The van der Waals surface area contributed by atoms with Crippen molar-refractivity contribution < 1.29 is 4.74 Å². The van der Waals surface area contributed by atoms with Gasteiger partial charge in [0.15, 0.2) is 0 Å². The molecule has 0 bridgehead atoms. The van der Waals surface area contributed by atoms with Crippen LogP contribution in [0.25, 0.3) is 10.8 Å². The van der Waals surface area contributed by atoms with E-state index in [-0.39, 0.29) is 5.38 Å². The predicted molar refractivity (Wildman–Crippen MR) is 81.3 cm³/mol. The minimum atomic E-state index is 0.224. The average molecular weight is 279 g/mol. The van der Waals surface area contributed by atoms with Crippen molar-refractivity contribution in [3.05, 3.63) is 30.5 Å². The molecule has 1 aromatic heterocycles. The number of hydrogen-bond acceptors (Lipinski definition) is 3. The lowest BCUT2D eigenvalue weighted by Gasteiger charge is -2.11. The van der Waals surface area contributed by atoms with Crippen LogP contribution in [0.15, 0.2) is 30.5 Å². The first-order chi connectivity index (χ1) is 9.22. The molecule has 0 aliphatic carbocycles. The van der Waals surface area contributed by atoms with Crippen LogP contribution in [-0.2, 0) is 0 Å². The number of halogens is 1. The highest BCUT2D eigenvalue weighted by atomic mass is 35.5. The van der Waals surface area contributed by atoms with Gasteiger partial charge >= 0.3 is 0 Å². The van der Waals surface area contributed by atoms with Crippen LogP contribution >= 0.6 is 11.6 Å². The van der Waals surface area contributed by atoms with Crippen LogP contribution in [0.5, 0.6) is 5.75 Å². The topological polar surface area (TPSA) is 34.1 Å². The molecule has 1 aromatic carbocycles. The smallest absolute Gasteiger partial charge is 0.133 e. The van der Waals surface area contributed by atoms with Crippen molar-refractivity contribution in [1.82, 2.24) is 4.98 Å². The predicted octanol–water partition coefficient (Wildman–Crippen LogP) is 4.06. The van der Waals surface area contributed by atoms with Crippen LogP contribution in [0.3, 0.4) is 0 Å². The number of pyridine rings is 1. The summed E-state index contributed by atoms with van der Waals surface area (Å²) in [4.78, 5) is 4.40. The molecule has 19 heavy (non-hydrogen) atoms. The van der Waals surface area contributed by atoms with E-state index in [4.69, 9.17) is 16.3 Å². The van der Waals surface area contributed by atoms with Gasteiger partial charge in [0.05, 0.1) is 7.11 Å². The second-order valence-corrected chi connectivity index (χ2v) is 5.31. The highest BCUT2D eigenvalue weighted by Crippen LogP contribution is 2.28. The second kappa shape index (κ2) is 6.62. The van der Waals surface area contributed by atoms with Crippen molar-refractivity contribution in [2.45, 2.75) is 25.1 Å². The monoisotopic (exact) mass is 278 g/mol. The molecule has 0 saturated heterocycles. The van der Waals surface area contributed by atoms with E-state index in [1.807, 2.05) is 25.1 Å². The van der Waals surface area contributed by atoms with E-state index in [1.165, 1.54) is 0 Å². The standard InChI is InChI=1S/C15H19ClN2O/c1-11(16)5-4-9-17-15-13-6-3-7-14(19-2)12(13)8-10-18-15/h3,6-8,10-11H,4-5,9H2,1-2H3,(H,17,18). The number of ether oxygens (including phenoxy) is 1. The zero-order chi connectivity index (χ0) is 13.7. The van der Waals surface area contributed by atoms with Crippen molar-refractivity contribution in [1.29, 1.82) is 0 Å². The number of rotatable bonds is 6. The maximum Gasteiger partial charge on any atom is 0.133 e. The van der Waals surface area contributed by atoms with Crippen LogP contribution in [0, 0.1) is 0 Å². The molecule has 1 heterocycles. The van der Waals surface area contributed by atoms with E-state index in [0.29, 0.717) is 0 Å². The quantitative estimate of drug-likeness (QED) is 0.639. The molecular weight excluding hydrogens is 260 g/mol. The zero-order valence-electron chi connectivity index (χ0n) is 11.3. The molecule has 2 rings (SSSR count). The van der Waals surface area contributed by atoms with Gasteiger partial charge in [-0.3, -0.25) is 0 Å². The van der Waals surface area contributed by atoms with Crippen LogP contribution in [0.1, 0.15) is 19.8 Å². The molecule has 0 saturated carbocycles. The molecule has 0 amide bonds. The lowest BCUT2D eigenvalue weighted by Crippen LogP contribution is -2.05. The molecule has 3 nitrogen and oxygen atoms in total. The molecule has 0 radical (unpaired) electrons. The summed E-state index contributed by atoms with van der Waals surface area (Å²) in [5, 5.41) is 5.75. The van der Waals surface area contributed by atoms with Crippen LogP contribution in [0.2, 0.25) is 0 Å². The first kappa shape index (κ1) is 13.9. The highest BCUT2D eigenvalue weighted by Gasteiger charge is 2.06. The average Bonchev–Trinajstić information content (AvgIpc) is 2.42. The fraction of sp³-hybridized carbons (Fsp3) is 0.400. The molecule has 1 unspecified atom stereocenters. The second-order valence-electron chi connectivity index (χ2n) is 4.56. The molecule has 102 valence electrons. The molecule has 1 N–H and O–H groups in total. The lowest BCUT2D eigenvalue weighted by molar-refractivity contribution is 0.420. The maximum absolute atomic E-state index is 5.93. The number of benzene rings is 1. The number of fused-ring (bicyclic) bond motifs is 1. The van der Waals surface area contributed by atoms with Gasteiger partial charge in [-0.1, -0.05) is 12.1 Å². The summed E-state index contributed by atoms with van der Waals surface area (Å²) in [7, 11) is 1.68. The van der Waals surface area contributed by atoms with Crippen LogP contribution < -0.4 is 10.1 Å². The van der Waals surface area contributed by atoms with E-state index in [2.05, 4.69) is 16.4 Å². The largest absolute Gasteiger partial charge is 0.496 e. The van der Waals surface area contributed by atoms with E-state index >= 15 is 0 Å². The Morgan fingerprint density at radius 3 is 2.89 bits per heavy atom. The van der Waals surface area contributed by atoms with Gasteiger partial charge in [-0.05, 0) is 31.9 Å². The molecule has 2 aromatic rings. The van der Waals surface area contributed by atoms with Gasteiger partial charge in [0, 0.05) is 28.9 Å². The minimum absolute atomic E-state index is 0.224. The Labute approximate surface area is 118 Å². The first-order valence-corrected chi connectivity index (χ1v) is 6.95. The van der Waals surface area contributed by atoms with Gasteiger partial charge in [-0.15, -0.1) is 11.6 Å². The van der Waals surface area contributed by atoms with E-state index < -0.39 is 0 Å². The Bertz CT molecular complexity index is 543. The van der Waals surface area contributed by atoms with E-state index in [1.54, 1.807) is 13.3 Å². The summed E-state index contributed by atoms with van der Waals surface area (Å²) in [5.74, 6) is 1.77. The van der Waals surface area contributed by atoms with Crippen molar-refractivity contribution in [3.63, 3.8) is 0 Å². The molecule has 0 spiro atoms. The van der Waals surface area contributed by atoms with Gasteiger partial charge in [-0.25, -0.2) is 4.98 Å². The number of methoxy groups -OCH3 is 1. The first-order valence-electron chi connectivity index (χ1n) is 6.52. The fourth-order valence-electron chi connectivity index (χ4n) is 2.09. The Morgan fingerprint density at radius 1 is 1.32 bits per heavy atom. The number of hydrogen-bond donors (Lipinski definition) is 1. The van der Waals surface area contributed by atoms with Crippen molar-refractivity contribution in [2.24, 2.45) is 0 Å². The van der Waals surface area contributed by atoms with E-state index in [0.717, 1.165) is 41.7 Å². The molecule has 0 aliphatic rings. The van der Waals surface area contributed by atoms with Gasteiger partial charge < -0.3 is 10.1 Å². The summed E-state index contributed by atoms with van der Waals surface area (Å²) in [6.45, 7) is 2.89. The Kier molecular flexibility index (Phi) is 4.86. The van der Waals surface area contributed by atoms with Crippen molar-refractivity contribution in [2.75, 3.05) is 19.0 Å². The highest BCUT2D eigenvalue weighted by molar-refractivity contribution is 6.20. The summed E-state index contributed by atoms with van der Waals surface area (Å²) in [6, 6.07) is 7.97. The number of alkyl halides is 1. The molecule has 1 atom stereocenters. The fourth-order valence-corrected chi connectivity index (χ4v) is 2.24. The maximum atomic E-state index is 5.93. The molecule has 4 heteroatoms. The van der Waals surface area contributed by atoms with Gasteiger partial charge in [-0.2, -0.15) is 0 Å². The van der Waals surface area contributed by atoms with Crippen molar-refractivity contribution in [3.8, 4) is 5.75 Å². The normalized spacial score (nSPS) is 12.4. The SMILES string of the molecule is COc1cccc2c(NCCCC(C)Cl)nccc12. The molecule has 0 fully saturated rings. The van der Waals surface area contributed by atoms with Crippen LogP contribution in [-0.4, -0.2) is 24.0 Å². The number of anilines is 1. The third kappa shape index (κ3) is 3.51. The third-order valence-corrected chi connectivity index (χ3v) is 3.28. The number of nitrogens with zero attached hydrogens (tertiary/aromatic N) is 1. The summed E-state index contributed by atoms with van der Waals surface area (Å²) < 4.78 is 5.37. The van der Waals surface area contributed by atoms with E-state index in [9.17, 15) is 0 Å². The van der Waals surface area contributed by atoms with Gasteiger partial charge in [0.25, 0.3) is 0 Å². The Hall–Kier alpha value is -1.48.